The lowest BCUT2D eigenvalue weighted by atomic mass is 9.96. The van der Waals surface area contributed by atoms with Crippen LogP contribution >= 0.6 is 24.0 Å². The monoisotopic (exact) mass is 450 g/mol. The lowest BCUT2D eigenvalue weighted by molar-refractivity contribution is 0.178. The Morgan fingerprint density at radius 1 is 1.33 bits per heavy atom. The molecule has 138 valence electrons. The smallest absolute Gasteiger partial charge is 0.192 e. The molecule has 0 aliphatic heterocycles. The summed E-state index contributed by atoms with van der Waals surface area (Å²) in [6.07, 6.45) is 6.35. The quantitative estimate of drug-likeness (QED) is 0.395. The number of aromatic nitrogens is 3. The molecular weight excluding hydrogens is 419 g/mol. The second-order valence-corrected chi connectivity index (χ2v) is 6.37. The number of rotatable bonds is 6. The average Bonchev–Trinajstić information content (AvgIpc) is 2.85. The molecule has 2 rings (SSSR count). The standard InChI is InChI=1S/C16H30N6O.HI/c1-12(11-23-4)18-16(19-14-8-6-5-7-9-14)17-10-15-21-20-13(2)22(15)3;/h12,14H,5-11H2,1-4H3,(H2,17,18,19);1H. The maximum absolute atomic E-state index is 5.21. The largest absolute Gasteiger partial charge is 0.383 e. The molecule has 8 heteroatoms. The van der Waals surface area contributed by atoms with Crippen LogP contribution in [0.15, 0.2) is 4.99 Å². The summed E-state index contributed by atoms with van der Waals surface area (Å²) in [5, 5.41) is 15.2. The van der Waals surface area contributed by atoms with Gasteiger partial charge in [-0.15, -0.1) is 34.2 Å². The fourth-order valence-corrected chi connectivity index (χ4v) is 2.84. The van der Waals surface area contributed by atoms with Crippen molar-refractivity contribution in [2.75, 3.05) is 13.7 Å². The summed E-state index contributed by atoms with van der Waals surface area (Å²) in [5.41, 5.74) is 0. The Morgan fingerprint density at radius 2 is 2.04 bits per heavy atom. The number of guanidine groups is 1. The molecule has 1 heterocycles. The highest BCUT2D eigenvalue weighted by Crippen LogP contribution is 2.17. The molecule has 1 fully saturated rings. The van der Waals surface area contributed by atoms with Crippen molar-refractivity contribution in [3.63, 3.8) is 0 Å². The normalized spacial score (nSPS) is 17.2. The van der Waals surface area contributed by atoms with Gasteiger partial charge in [0.05, 0.1) is 6.61 Å². The van der Waals surface area contributed by atoms with E-state index in [1.54, 1.807) is 7.11 Å². The van der Waals surface area contributed by atoms with Crippen LogP contribution in [0.5, 0.6) is 0 Å². The molecule has 1 saturated carbocycles. The number of halogens is 1. The summed E-state index contributed by atoms with van der Waals surface area (Å²) >= 11 is 0. The number of hydrogen-bond acceptors (Lipinski definition) is 4. The number of nitrogens with one attached hydrogen (secondary N) is 2. The van der Waals surface area contributed by atoms with Crippen LogP contribution in [0, 0.1) is 6.92 Å². The van der Waals surface area contributed by atoms with Crippen molar-refractivity contribution in [1.82, 2.24) is 25.4 Å². The molecule has 0 saturated heterocycles. The molecule has 1 unspecified atom stereocenters. The van der Waals surface area contributed by atoms with E-state index in [1.807, 2.05) is 18.5 Å². The van der Waals surface area contributed by atoms with E-state index >= 15 is 0 Å². The summed E-state index contributed by atoms with van der Waals surface area (Å²) in [4.78, 5) is 4.70. The van der Waals surface area contributed by atoms with E-state index in [-0.39, 0.29) is 30.0 Å². The Hall–Kier alpha value is -0.900. The fraction of sp³-hybridized carbons (Fsp3) is 0.812. The van der Waals surface area contributed by atoms with E-state index < -0.39 is 0 Å². The van der Waals surface area contributed by atoms with Crippen LogP contribution < -0.4 is 10.6 Å². The van der Waals surface area contributed by atoms with Crippen LogP contribution in [0.1, 0.15) is 50.7 Å². The SMILES string of the molecule is COCC(C)NC(=NCc1nnc(C)n1C)NC1CCCCC1.I. The third-order valence-corrected chi connectivity index (χ3v) is 4.31. The van der Waals surface area contributed by atoms with Crippen molar-refractivity contribution >= 4 is 29.9 Å². The van der Waals surface area contributed by atoms with E-state index in [0.717, 1.165) is 17.6 Å². The Kier molecular flexibility index (Phi) is 9.57. The van der Waals surface area contributed by atoms with Gasteiger partial charge in [0.2, 0.25) is 0 Å². The minimum Gasteiger partial charge on any atom is -0.383 e. The van der Waals surface area contributed by atoms with E-state index in [4.69, 9.17) is 9.73 Å². The minimum atomic E-state index is 0. The second kappa shape index (κ2) is 10.9. The second-order valence-electron chi connectivity index (χ2n) is 6.37. The summed E-state index contributed by atoms with van der Waals surface area (Å²) < 4.78 is 7.18. The molecule has 1 aromatic rings. The summed E-state index contributed by atoms with van der Waals surface area (Å²) in [5.74, 6) is 2.60. The van der Waals surface area contributed by atoms with Crippen molar-refractivity contribution in [1.29, 1.82) is 0 Å². The topological polar surface area (TPSA) is 76.4 Å². The van der Waals surface area contributed by atoms with Gasteiger partial charge in [0.15, 0.2) is 11.8 Å². The first-order chi connectivity index (χ1) is 11.1. The van der Waals surface area contributed by atoms with E-state index in [9.17, 15) is 0 Å². The van der Waals surface area contributed by atoms with Crippen LogP contribution in [-0.2, 0) is 18.3 Å². The molecule has 1 aromatic heterocycles. The molecule has 0 aromatic carbocycles. The first-order valence-electron chi connectivity index (χ1n) is 8.51. The Balaban J connectivity index is 0.00000288. The maximum atomic E-state index is 5.21. The summed E-state index contributed by atoms with van der Waals surface area (Å²) in [7, 11) is 3.68. The highest BCUT2D eigenvalue weighted by Gasteiger charge is 2.16. The van der Waals surface area contributed by atoms with E-state index in [2.05, 4.69) is 27.8 Å². The van der Waals surface area contributed by atoms with Crippen molar-refractivity contribution in [3.8, 4) is 0 Å². The van der Waals surface area contributed by atoms with Gasteiger partial charge in [-0.2, -0.15) is 0 Å². The van der Waals surface area contributed by atoms with Crippen molar-refractivity contribution in [3.05, 3.63) is 11.6 Å². The fourth-order valence-electron chi connectivity index (χ4n) is 2.84. The lowest BCUT2D eigenvalue weighted by Crippen LogP contribution is -2.48. The third-order valence-electron chi connectivity index (χ3n) is 4.31. The zero-order valence-electron chi connectivity index (χ0n) is 15.2. The first-order valence-corrected chi connectivity index (χ1v) is 8.51. The highest BCUT2D eigenvalue weighted by molar-refractivity contribution is 14.0. The molecule has 2 N–H and O–H groups in total. The zero-order valence-corrected chi connectivity index (χ0v) is 17.5. The summed E-state index contributed by atoms with van der Waals surface area (Å²) in [6.45, 7) is 5.20. The predicted molar refractivity (Wildman–Crippen MR) is 107 cm³/mol. The third kappa shape index (κ3) is 6.54. The highest BCUT2D eigenvalue weighted by atomic mass is 127. The Bertz CT molecular complexity index is 513. The lowest BCUT2D eigenvalue weighted by Gasteiger charge is -2.26. The number of methoxy groups -OCH3 is 1. The van der Waals surface area contributed by atoms with Gasteiger partial charge >= 0.3 is 0 Å². The van der Waals surface area contributed by atoms with Gasteiger partial charge in [0, 0.05) is 26.2 Å². The number of hydrogen-bond donors (Lipinski definition) is 2. The first kappa shape index (κ1) is 21.1. The van der Waals surface area contributed by atoms with Crippen LogP contribution in [0.3, 0.4) is 0 Å². The molecule has 1 aliphatic carbocycles. The molecule has 0 amide bonds. The zero-order chi connectivity index (χ0) is 16.7. The number of ether oxygens (including phenoxy) is 1. The van der Waals surface area contributed by atoms with Gasteiger partial charge in [-0.05, 0) is 26.7 Å². The maximum Gasteiger partial charge on any atom is 0.192 e. The van der Waals surface area contributed by atoms with Crippen LogP contribution in [0.25, 0.3) is 0 Å². The van der Waals surface area contributed by atoms with Gasteiger partial charge in [-0.25, -0.2) is 4.99 Å². The van der Waals surface area contributed by atoms with Gasteiger partial charge in [-0.3, -0.25) is 0 Å². The molecule has 1 aliphatic rings. The van der Waals surface area contributed by atoms with Crippen molar-refractivity contribution < 1.29 is 4.74 Å². The van der Waals surface area contributed by atoms with Crippen LogP contribution in [-0.4, -0.2) is 46.5 Å². The van der Waals surface area contributed by atoms with Gasteiger partial charge in [-0.1, -0.05) is 19.3 Å². The van der Waals surface area contributed by atoms with Gasteiger partial charge < -0.3 is 19.9 Å². The molecule has 24 heavy (non-hydrogen) atoms. The van der Waals surface area contributed by atoms with Crippen LogP contribution in [0.2, 0.25) is 0 Å². The molecule has 0 spiro atoms. The van der Waals surface area contributed by atoms with E-state index in [0.29, 0.717) is 19.2 Å². The average molecular weight is 450 g/mol. The van der Waals surface area contributed by atoms with Gasteiger partial charge in [0.25, 0.3) is 0 Å². The Morgan fingerprint density at radius 3 is 2.62 bits per heavy atom. The predicted octanol–water partition coefficient (Wildman–Crippen LogP) is 2.14. The van der Waals surface area contributed by atoms with Gasteiger partial charge in [0.1, 0.15) is 12.4 Å². The number of nitrogens with zero attached hydrogens (tertiary/aromatic N) is 4. The van der Waals surface area contributed by atoms with Crippen LogP contribution in [0.4, 0.5) is 0 Å². The number of aliphatic imine (C=N–C) groups is 1. The minimum absolute atomic E-state index is 0. The molecule has 7 nitrogen and oxygen atoms in total. The number of aryl methyl sites for hydroxylation is 1. The summed E-state index contributed by atoms with van der Waals surface area (Å²) in [6, 6.07) is 0.710. The molecular formula is C16H31IN6O. The molecule has 1 atom stereocenters. The van der Waals surface area contributed by atoms with Crippen molar-refractivity contribution in [2.24, 2.45) is 12.0 Å². The molecule has 0 bridgehead atoms. The van der Waals surface area contributed by atoms with Crippen molar-refractivity contribution in [2.45, 2.75) is 64.6 Å². The Labute approximate surface area is 162 Å². The molecule has 0 radical (unpaired) electrons. The van der Waals surface area contributed by atoms with E-state index in [1.165, 1.54) is 32.1 Å².